The van der Waals surface area contributed by atoms with Crippen molar-refractivity contribution in [2.24, 2.45) is 11.1 Å². The number of nitrogens with zero attached hydrogens (tertiary/aromatic N) is 4. The van der Waals surface area contributed by atoms with Crippen LogP contribution in [0.4, 0.5) is 5.95 Å². The molecular weight excluding hydrogens is 462 g/mol. The minimum atomic E-state index is -0.368. The molecule has 31 heavy (non-hydrogen) atoms. The largest absolute Gasteiger partial charge is 0.491 e. The van der Waals surface area contributed by atoms with Gasteiger partial charge in [0.1, 0.15) is 17.0 Å². The number of fused-ring (bicyclic) bond motifs is 2. The summed E-state index contributed by atoms with van der Waals surface area (Å²) in [6.07, 6.45) is 4.21. The normalized spacial score (nSPS) is 24.8. The van der Waals surface area contributed by atoms with E-state index in [2.05, 4.69) is 36.6 Å². The molecule has 3 aromatic rings. The molecule has 0 bridgehead atoms. The molecule has 1 fully saturated rings. The fraction of sp³-hybridized carbons (Fsp3) is 0.429. The van der Waals surface area contributed by atoms with E-state index in [9.17, 15) is 4.79 Å². The van der Waals surface area contributed by atoms with Crippen LogP contribution < -0.4 is 21.1 Å². The van der Waals surface area contributed by atoms with Crippen LogP contribution in [0.25, 0.3) is 16.7 Å². The first-order chi connectivity index (χ1) is 14.9. The van der Waals surface area contributed by atoms with Crippen LogP contribution in [0.5, 0.6) is 5.75 Å². The summed E-state index contributed by atoms with van der Waals surface area (Å²) in [4.78, 5) is 21.4. The summed E-state index contributed by atoms with van der Waals surface area (Å²) in [5.41, 5.74) is 8.28. The van der Waals surface area contributed by atoms with Gasteiger partial charge in [-0.1, -0.05) is 6.92 Å². The standard InChI is InChI=1S/C21H24BrN7O2/c1-21(19(30)24-2)6-5-11(8-21)26-20-25-9-14-17(22)28-29(18(14)27-20)12-3-4-16-13(7-12)15(23)10-31-16/h3-4,7,9,11,15H,5-6,8,10,23H2,1-2H3,(H,24,30)(H,25,26,27)/t11-,15?,21-/m1/s1. The number of carbonyl (C=O) groups is 1. The Morgan fingerprint density at radius 3 is 3.06 bits per heavy atom. The summed E-state index contributed by atoms with van der Waals surface area (Å²) < 4.78 is 8.05. The van der Waals surface area contributed by atoms with E-state index < -0.39 is 0 Å². The van der Waals surface area contributed by atoms with Crippen molar-refractivity contribution in [1.82, 2.24) is 25.1 Å². The summed E-state index contributed by atoms with van der Waals surface area (Å²) >= 11 is 3.51. The highest BCUT2D eigenvalue weighted by Gasteiger charge is 2.41. The van der Waals surface area contributed by atoms with Gasteiger partial charge in [0.2, 0.25) is 11.9 Å². The molecule has 1 aliphatic carbocycles. The Labute approximate surface area is 187 Å². The number of rotatable bonds is 4. The first-order valence-electron chi connectivity index (χ1n) is 10.3. The summed E-state index contributed by atoms with van der Waals surface area (Å²) in [6.45, 7) is 2.49. The van der Waals surface area contributed by atoms with E-state index in [4.69, 9.17) is 15.5 Å². The maximum atomic E-state index is 12.2. The molecule has 162 valence electrons. The van der Waals surface area contributed by atoms with Crippen molar-refractivity contribution in [1.29, 1.82) is 0 Å². The highest BCUT2D eigenvalue weighted by Crippen LogP contribution is 2.39. The van der Waals surface area contributed by atoms with Crippen molar-refractivity contribution < 1.29 is 9.53 Å². The van der Waals surface area contributed by atoms with Crippen molar-refractivity contribution in [2.75, 3.05) is 19.0 Å². The number of nitrogens with one attached hydrogen (secondary N) is 2. The summed E-state index contributed by atoms with van der Waals surface area (Å²) in [5, 5.41) is 11.6. The number of amides is 1. The maximum Gasteiger partial charge on any atom is 0.225 e. The maximum absolute atomic E-state index is 12.2. The van der Waals surface area contributed by atoms with Crippen molar-refractivity contribution >= 4 is 38.8 Å². The van der Waals surface area contributed by atoms with E-state index in [-0.39, 0.29) is 23.4 Å². The Hall–Kier alpha value is -2.72. The molecular formula is C21H24BrN7O2. The first-order valence-corrected chi connectivity index (χ1v) is 11.1. The molecule has 1 aromatic carbocycles. The molecule has 1 saturated carbocycles. The summed E-state index contributed by atoms with van der Waals surface area (Å²) in [5.74, 6) is 1.41. The van der Waals surface area contributed by atoms with Gasteiger partial charge in [-0.15, -0.1) is 0 Å². The van der Waals surface area contributed by atoms with Gasteiger partial charge in [0.05, 0.1) is 17.1 Å². The Kier molecular flexibility index (Phi) is 4.86. The van der Waals surface area contributed by atoms with E-state index in [0.717, 1.165) is 41.6 Å². The monoisotopic (exact) mass is 485 g/mol. The molecule has 9 nitrogen and oxygen atoms in total. The van der Waals surface area contributed by atoms with Crippen LogP contribution in [0.1, 0.15) is 37.8 Å². The van der Waals surface area contributed by atoms with Gasteiger partial charge in [-0.2, -0.15) is 10.1 Å². The Balaban J connectivity index is 1.46. The van der Waals surface area contributed by atoms with Crippen molar-refractivity contribution in [3.63, 3.8) is 0 Å². The van der Waals surface area contributed by atoms with Gasteiger partial charge in [0.25, 0.3) is 0 Å². The third kappa shape index (κ3) is 3.43. The lowest BCUT2D eigenvalue weighted by Crippen LogP contribution is -2.35. The first kappa shape index (κ1) is 20.2. The Bertz CT molecular complexity index is 1180. The van der Waals surface area contributed by atoms with Crippen LogP contribution in [-0.4, -0.2) is 45.4 Å². The number of ether oxygens (including phenoxy) is 1. The third-order valence-electron chi connectivity index (χ3n) is 6.29. The molecule has 1 unspecified atom stereocenters. The van der Waals surface area contributed by atoms with Crippen molar-refractivity contribution in [3.05, 3.63) is 34.6 Å². The number of benzene rings is 1. The van der Waals surface area contributed by atoms with Gasteiger partial charge in [-0.05, 0) is 53.4 Å². The fourth-order valence-electron chi connectivity index (χ4n) is 4.53. The van der Waals surface area contributed by atoms with Crippen LogP contribution in [0.15, 0.2) is 29.0 Å². The van der Waals surface area contributed by atoms with Crippen LogP contribution in [0.3, 0.4) is 0 Å². The van der Waals surface area contributed by atoms with Crippen molar-refractivity contribution in [3.8, 4) is 11.4 Å². The zero-order valence-corrected chi connectivity index (χ0v) is 18.9. The van der Waals surface area contributed by atoms with Crippen LogP contribution >= 0.6 is 15.9 Å². The number of aromatic nitrogens is 4. The lowest BCUT2D eigenvalue weighted by Gasteiger charge is -2.22. The van der Waals surface area contributed by atoms with Crippen LogP contribution in [-0.2, 0) is 4.79 Å². The molecule has 0 radical (unpaired) electrons. The molecule has 3 heterocycles. The van der Waals surface area contributed by atoms with E-state index in [1.54, 1.807) is 17.9 Å². The van der Waals surface area contributed by atoms with Gasteiger partial charge in [0, 0.05) is 30.3 Å². The second-order valence-corrected chi connectivity index (χ2v) is 9.25. The minimum Gasteiger partial charge on any atom is -0.491 e. The van der Waals surface area contributed by atoms with E-state index in [0.29, 0.717) is 22.8 Å². The van der Waals surface area contributed by atoms with Gasteiger partial charge < -0.3 is 21.1 Å². The summed E-state index contributed by atoms with van der Waals surface area (Å²) in [7, 11) is 1.68. The smallest absolute Gasteiger partial charge is 0.225 e. The Morgan fingerprint density at radius 2 is 2.26 bits per heavy atom. The minimum absolute atomic E-state index is 0.0778. The third-order valence-corrected chi connectivity index (χ3v) is 6.87. The van der Waals surface area contributed by atoms with Gasteiger partial charge >= 0.3 is 0 Å². The average Bonchev–Trinajstić information content (AvgIpc) is 3.43. The molecule has 2 aliphatic rings. The molecule has 4 N–H and O–H groups in total. The number of hydrogen-bond acceptors (Lipinski definition) is 7. The van der Waals surface area contributed by atoms with Gasteiger partial charge in [-0.25, -0.2) is 9.67 Å². The van der Waals surface area contributed by atoms with Crippen molar-refractivity contribution in [2.45, 2.75) is 38.3 Å². The number of halogens is 1. The Morgan fingerprint density at radius 1 is 1.42 bits per heavy atom. The number of nitrogens with two attached hydrogens (primary N) is 1. The predicted molar refractivity (Wildman–Crippen MR) is 120 cm³/mol. The highest BCUT2D eigenvalue weighted by atomic mass is 79.9. The van der Waals surface area contributed by atoms with E-state index >= 15 is 0 Å². The van der Waals surface area contributed by atoms with Gasteiger partial charge in [-0.3, -0.25) is 4.79 Å². The van der Waals surface area contributed by atoms with Crippen LogP contribution in [0, 0.1) is 5.41 Å². The molecule has 2 aromatic heterocycles. The van der Waals surface area contributed by atoms with E-state index in [1.165, 1.54) is 0 Å². The number of hydrogen-bond donors (Lipinski definition) is 3. The molecule has 5 rings (SSSR count). The SMILES string of the molecule is CNC(=O)[C@]1(C)CC[C@@H](Nc2ncc3c(Br)nn(-c4ccc5c(c4)C(N)CO5)c3n2)C1. The van der Waals surface area contributed by atoms with Crippen LogP contribution in [0.2, 0.25) is 0 Å². The zero-order chi connectivity index (χ0) is 21.8. The predicted octanol–water partition coefficient (Wildman–Crippen LogP) is 2.69. The lowest BCUT2D eigenvalue weighted by molar-refractivity contribution is -0.129. The molecule has 0 spiro atoms. The lowest BCUT2D eigenvalue weighted by atomic mass is 9.87. The quantitative estimate of drug-likeness (QED) is 0.519. The summed E-state index contributed by atoms with van der Waals surface area (Å²) in [6, 6.07) is 5.83. The second-order valence-electron chi connectivity index (χ2n) is 8.50. The average molecular weight is 486 g/mol. The molecule has 10 heteroatoms. The van der Waals surface area contributed by atoms with E-state index in [1.807, 2.05) is 25.1 Å². The molecule has 1 amide bonds. The molecule has 3 atom stereocenters. The molecule has 1 aliphatic heterocycles. The fourth-order valence-corrected chi connectivity index (χ4v) is 4.97. The highest BCUT2D eigenvalue weighted by molar-refractivity contribution is 9.10. The number of anilines is 1. The topological polar surface area (TPSA) is 120 Å². The second kappa shape index (κ2) is 7.45. The number of carbonyl (C=O) groups excluding carboxylic acids is 1. The van der Waals surface area contributed by atoms with Gasteiger partial charge in [0.15, 0.2) is 5.65 Å². The zero-order valence-electron chi connectivity index (χ0n) is 17.4. The molecule has 0 saturated heterocycles.